The second-order valence-corrected chi connectivity index (χ2v) is 4.51. The minimum absolute atomic E-state index is 0.00787. The van der Waals surface area contributed by atoms with Gasteiger partial charge in [-0.25, -0.2) is 0 Å². The van der Waals surface area contributed by atoms with Crippen molar-refractivity contribution in [1.29, 1.82) is 0 Å². The fourth-order valence-corrected chi connectivity index (χ4v) is 1.67. The van der Waals surface area contributed by atoms with Crippen molar-refractivity contribution in [2.45, 2.75) is 13.3 Å². The Morgan fingerprint density at radius 1 is 1.26 bits per heavy atom. The molecule has 0 fully saturated rings. The van der Waals surface area contributed by atoms with Crippen LogP contribution in [0.4, 0.5) is 5.69 Å². The van der Waals surface area contributed by atoms with E-state index in [-0.39, 0.29) is 19.0 Å². The third kappa shape index (κ3) is 5.61. The number of aliphatic carboxylic acids is 1. The highest BCUT2D eigenvalue weighted by atomic mass is 35.5. The zero-order valence-corrected chi connectivity index (χ0v) is 11.5. The molecule has 1 amide bonds. The zero-order valence-electron chi connectivity index (χ0n) is 10.7. The number of anilines is 1. The maximum Gasteiger partial charge on any atom is 0.323 e. The van der Waals surface area contributed by atoms with Gasteiger partial charge in [0.25, 0.3) is 0 Å². The number of benzene rings is 1. The minimum Gasteiger partial charge on any atom is -0.480 e. The van der Waals surface area contributed by atoms with E-state index in [1.165, 1.54) is 4.90 Å². The lowest BCUT2D eigenvalue weighted by molar-refractivity contribution is -0.135. The molecule has 0 spiro atoms. The number of carbonyl (C=O) groups excluding carboxylic acids is 1. The number of hydrogen-bond donors (Lipinski definition) is 2. The second kappa shape index (κ2) is 7.63. The van der Waals surface area contributed by atoms with E-state index in [4.69, 9.17) is 16.7 Å². The highest BCUT2D eigenvalue weighted by Crippen LogP contribution is 2.17. The Bertz CT molecular complexity index is 434. The second-order valence-electron chi connectivity index (χ2n) is 4.08. The van der Waals surface area contributed by atoms with Crippen molar-refractivity contribution >= 4 is 29.2 Å². The Balaban J connectivity index is 2.74. The van der Waals surface area contributed by atoms with E-state index in [0.717, 1.165) is 6.42 Å². The van der Waals surface area contributed by atoms with Crippen LogP contribution < -0.4 is 10.2 Å². The van der Waals surface area contributed by atoms with Gasteiger partial charge in [0.2, 0.25) is 5.91 Å². The smallest absolute Gasteiger partial charge is 0.323 e. The molecule has 0 saturated heterocycles. The maximum atomic E-state index is 11.7. The number of carbonyl (C=O) groups is 2. The predicted molar refractivity (Wildman–Crippen MR) is 74.6 cm³/mol. The Morgan fingerprint density at radius 3 is 2.42 bits per heavy atom. The van der Waals surface area contributed by atoms with Gasteiger partial charge in [-0.15, -0.1) is 0 Å². The Kier molecular flexibility index (Phi) is 6.15. The molecule has 104 valence electrons. The Hall–Kier alpha value is -1.75. The van der Waals surface area contributed by atoms with Gasteiger partial charge in [-0.2, -0.15) is 0 Å². The van der Waals surface area contributed by atoms with Crippen LogP contribution >= 0.6 is 11.6 Å². The summed E-state index contributed by atoms with van der Waals surface area (Å²) in [6, 6.07) is 6.71. The van der Waals surface area contributed by atoms with Crippen molar-refractivity contribution in [1.82, 2.24) is 5.32 Å². The van der Waals surface area contributed by atoms with Crippen LogP contribution in [0.3, 0.4) is 0 Å². The van der Waals surface area contributed by atoms with Crippen molar-refractivity contribution < 1.29 is 14.7 Å². The van der Waals surface area contributed by atoms with Crippen LogP contribution in [0.5, 0.6) is 0 Å². The van der Waals surface area contributed by atoms with Crippen LogP contribution in [0.1, 0.15) is 13.3 Å². The van der Waals surface area contributed by atoms with Crippen LogP contribution in [-0.4, -0.2) is 36.6 Å². The molecule has 6 heteroatoms. The molecular weight excluding hydrogens is 268 g/mol. The zero-order chi connectivity index (χ0) is 14.3. The molecule has 0 aliphatic rings. The van der Waals surface area contributed by atoms with E-state index < -0.39 is 5.97 Å². The molecule has 19 heavy (non-hydrogen) atoms. The van der Waals surface area contributed by atoms with Gasteiger partial charge in [-0.1, -0.05) is 18.5 Å². The molecular formula is C13H17ClN2O3. The summed E-state index contributed by atoms with van der Waals surface area (Å²) in [5.74, 6) is -1.18. The molecule has 0 bridgehead atoms. The number of carboxylic acids is 1. The number of halogens is 1. The van der Waals surface area contributed by atoms with Gasteiger partial charge in [-0.3, -0.25) is 9.59 Å². The molecule has 0 aromatic heterocycles. The monoisotopic (exact) mass is 284 g/mol. The number of hydrogen-bond acceptors (Lipinski definition) is 3. The first-order chi connectivity index (χ1) is 9.02. The summed E-state index contributed by atoms with van der Waals surface area (Å²) in [4.78, 5) is 24.0. The maximum absolute atomic E-state index is 11.7. The average molecular weight is 285 g/mol. The lowest BCUT2D eigenvalue weighted by Crippen LogP contribution is -2.40. The molecule has 0 aliphatic heterocycles. The third-order valence-electron chi connectivity index (χ3n) is 2.42. The van der Waals surface area contributed by atoms with Crippen LogP contribution in [0.2, 0.25) is 5.02 Å². The van der Waals surface area contributed by atoms with Gasteiger partial charge in [0, 0.05) is 17.3 Å². The molecule has 1 aromatic carbocycles. The largest absolute Gasteiger partial charge is 0.480 e. The number of amides is 1. The van der Waals surface area contributed by atoms with Crippen molar-refractivity contribution in [3.8, 4) is 0 Å². The van der Waals surface area contributed by atoms with Crippen molar-refractivity contribution in [3.63, 3.8) is 0 Å². The normalized spacial score (nSPS) is 10.0. The molecule has 0 atom stereocenters. The molecule has 0 radical (unpaired) electrons. The summed E-state index contributed by atoms with van der Waals surface area (Å²) in [6.07, 6.45) is 0.839. The first-order valence-electron chi connectivity index (χ1n) is 6.02. The van der Waals surface area contributed by atoms with Crippen molar-refractivity contribution in [2.24, 2.45) is 0 Å². The van der Waals surface area contributed by atoms with Crippen molar-refractivity contribution in [2.75, 3.05) is 24.5 Å². The van der Waals surface area contributed by atoms with Gasteiger partial charge in [0.05, 0.1) is 6.54 Å². The molecule has 0 unspecified atom stereocenters. The van der Waals surface area contributed by atoms with Gasteiger partial charge >= 0.3 is 5.97 Å². The van der Waals surface area contributed by atoms with Crippen molar-refractivity contribution in [3.05, 3.63) is 29.3 Å². The highest BCUT2D eigenvalue weighted by molar-refractivity contribution is 6.30. The first kappa shape index (κ1) is 15.3. The van der Waals surface area contributed by atoms with Gasteiger partial charge in [0.1, 0.15) is 6.54 Å². The Labute approximate surface area is 117 Å². The van der Waals surface area contributed by atoms with E-state index in [1.54, 1.807) is 24.3 Å². The number of nitrogens with one attached hydrogen (secondary N) is 1. The lowest BCUT2D eigenvalue weighted by Gasteiger charge is -2.22. The third-order valence-corrected chi connectivity index (χ3v) is 2.68. The first-order valence-corrected chi connectivity index (χ1v) is 6.39. The molecule has 5 nitrogen and oxygen atoms in total. The molecule has 0 saturated carbocycles. The standard InChI is InChI=1S/C13H17ClN2O3/c1-2-7-15-12(17)8-16(9-13(18)19)11-5-3-10(14)4-6-11/h3-6H,2,7-9H2,1H3,(H,15,17)(H,18,19). The van der Waals surface area contributed by atoms with Gasteiger partial charge in [-0.05, 0) is 30.7 Å². The summed E-state index contributed by atoms with van der Waals surface area (Å²) >= 11 is 5.78. The van der Waals surface area contributed by atoms with E-state index in [2.05, 4.69) is 5.32 Å². The number of nitrogens with zero attached hydrogens (tertiary/aromatic N) is 1. The lowest BCUT2D eigenvalue weighted by atomic mass is 10.2. The van der Waals surface area contributed by atoms with E-state index in [1.807, 2.05) is 6.92 Å². The van der Waals surface area contributed by atoms with E-state index >= 15 is 0 Å². The van der Waals surface area contributed by atoms with Gasteiger partial charge in [0.15, 0.2) is 0 Å². The fourth-order valence-electron chi connectivity index (χ4n) is 1.55. The topological polar surface area (TPSA) is 69.6 Å². The average Bonchev–Trinajstić information content (AvgIpc) is 2.36. The fraction of sp³-hybridized carbons (Fsp3) is 0.385. The summed E-state index contributed by atoms with van der Waals surface area (Å²) in [6.45, 7) is 2.31. The summed E-state index contributed by atoms with van der Waals surface area (Å²) < 4.78 is 0. The molecule has 2 N–H and O–H groups in total. The van der Waals surface area contributed by atoms with Crippen LogP contribution in [0.15, 0.2) is 24.3 Å². The summed E-state index contributed by atoms with van der Waals surface area (Å²) in [7, 11) is 0. The molecule has 0 heterocycles. The quantitative estimate of drug-likeness (QED) is 0.800. The van der Waals surface area contributed by atoms with E-state index in [9.17, 15) is 9.59 Å². The SMILES string of the molecule is CCCNC(=O)CN(CC(=O)O)c1ccc(Cl)cc1. The van der Waals surface area contributed by atoms with Crippen LogP contribution in [0, 0.1) is 0 Å². The minimum atomic E-state index is -0.988. The highest BCUT2D eigenvalue weighted by Gasteiger charge is 2.14. The molecule has 1 aromatic rings. The van der Waals surface area contributed by atoms with E-state index in [0.29, 0.717) is 17.3 Å². The van der Waals surface area contributed by atoms with Gasteiger partial charge < -0.3 is 15.3 Å². The summed E-state index contributed by atoms with van der Waals surface area (Å²) in [5, 5.41) is 12.2. The predicted octanol–water partition coefficient (Wildman–Crippen LogP) is 1.76. The number of carboxylic acid groups (broad SMARTS) is 1. The molecule has 1 rings (SSSR count). The number of rotatable bonds is 7. The summed E-state index contributed by atoms with van der Waals surface area (Å²) in [5.41, 5.74) is 0.651. The molecule has 0 aliphatic carbocycles. The van der Waals surface area contributed by atoms with Crippen LogP contribution in [-0.2, 0) is 9.59 Å². The Morgan fingerprint density at radius 2 is 1.89 bits per heavy atom. The van der Waals surface area contributed by atoms with Crippen LogP contribution in [0.25, 0.3) is 0 Å².